The largest absolute Gasteiger partial charge is 0.369 e. The lowest BCUT2D eigenvalue weighted by Gasteiger charge is -2.30. The van der Waals surface area contributed by atoms with Crippen LogP contribution in [0.4, 0.5) is 11.4 Å². The smallest absolute Gasteiger partial charge is 0.254 e. The van der Waals surface area contributed by atoms with Gasteiger partial charge in [-0.25, -0.2) is 4.98 Å². The van der Waals surface area contributed by atoms with E-state index in [4.69, 9.17) is 22.2 Å². The maximum Gasteiger partial charge on any atom is 0.254 e. The molecule has 0 bridgehead atoms. The number of nitrogens with zero attached hydrogens (tertiary/aromatic N) is 3. The number of unbranched alkanes of at least 4 members (excludes halogenated alkanes) is 1. The average molecular weight is 312 g/mol. The van der Waals surface area contributed by atoms with Crippen LogP contribution in [0.5, 0.6) is 0 Å². The zero-order chi connectivity index (χ0) is 15.6. The van der Waals surface area contributed by atoms with Crippen molar-refractivity contribution in [1.82, 2.24) is 9.58 Å². The second kappa shape index (κ2) is 6.40. The summed E-state index contributed by atoms with van der Waals surface area (Å²) in [4.78, 5) is 9.00. The number of halogens is 1. The molecule has 0 spiro atoms. The molecule has 2 rings (SSSR count). The number of hydrogen-bond acceptors (Lipinski definition) is 4. The molecule has 0 amide bonds. The molecule has 1 aliphatic heterocycles. The van der Waals surface area contributed by atoms with E-state index in [9.17, 15) is 0 Å². The van der Waals surface area contributed by atoms with E-state index >= 15 is 0 Å². The Balaban J connectivity index is 2.53. The first kappa shape index (κ1) is 16.4. The monoisotopic (exact) mass is 311 g/mol. The Kier molecular flexibility index (Phi) is 4.99. The van der Waals surface area contributed by atoms with Crippen LogP contribution < -0.4 is 10.4 Å². The fourth-order valence-corrected chi connectivity index (χ4v) is 2.91. The Bertz CT molecular complexity index is 573. The Hall–Kier alpha value is -1.01. The van der Waals surface area contributed by atoms with Crippen LogP contribution in [-0.2, 0) is 4.74 Å². The van der Waals surface area contributed by atoms with Crippen molar-refractivity contribution in [3.63, 3.8) is 0 Å². The normalized spacial score (nSPS) is 20.6. The topological polar surface area (TPSA) is 60.5 Å². The lowest BCUT2D eigenvalue weighted by molar-refractivity contribution is 0.178. The fraction of sp³-hybridized carbons (Fsp3) is 0.600. The lowest BCUT2D eigenvalue weighted by Crippen LogP contribution is -2.61. The van der Waals surface area contributed by atoms with Crippen LogP contribution in [0, 0.1) is 13.8 Å². The summed E-state index contributed by atoms with van der Waals surface area (Å²) in [5.74, 6) is 7.52. The van der Waals surface area contributed by atoms with E-state index in [2.05, 4.69) is 16.9 Å². The number of rotatable bonds is 6. The summed E-state index contributed by atoms with van der Waals surface area (Å²) in [6.07, 6.45) is 2.09. The number of pyridine rings is 1. The Labute approximate surface area is 131 Å². The second-order valence-electron chi connectivity index (χ2n) is 5.42. The molecule has 116 valence electrons. The van der Waals surface area contributed by atoms with Crippen molar-refractivity contribution in [2.75, 3.05) is 19.8 Å². The molecule has 1 aromatic rings. The summed E-state index contributed by atoms with van der Waals surface area (Å²) < 4.78 is 5.74. The third kappa shape index (κ3) is 2.83. The van der Waals surface area contributed by atoms with Crippen molar-refractivity contribution in [3.8, 4) is 0 Å². The molecule has 0 aromatic carbocycles. The van der Waals surface area contributed by atoms with E-state index in [-0.39, 0.29) is 4.59 Å². The lowest BCUT2D eigenvalue weighted by atomic mass is 10.1. The molecule has 2 heterocycles. The molecule has 21 heavy (non-hydrogen) atoms. The fourth-order valence-electron chi connectivity index (χ4n) is 2.65. The Morgan fingerprint density at radius 1 is 1.29 bits per heavy atom. The summed E-state index contributed by atoms with van der Waals surface area (Å²) in [7, 11) is 0. The molecule has 5 nitrogen and oxygen atoms in total. The molecule has 0 saturated heterocycles. The Morgan fingerprint density at radius 2 is 2.00 bits per heavy atom. The van der Waals surface area contributed by atoms with Gasteiger partial charge in [0, 0.05) is 17.9 Å². The van der Waals surface area contributed by atoms with Gasteiger partial charge in [-0.05, 0) is 27.2 Å². The Morgan fingerprint density at radius 3 is 2.62 bits per heavy atom. The molecule has 1 aliphatic rings. The zero-order valence-corrected chi connectivity index (χ0v) is 14.0. The maximum absolute atomic E-state index is 6.72. The molecular weight excluding hydrogens is 288 g/mol. The summed E-state index contributed by atoms with van der Waals surface area (Å²) in [6.45, 7) is 9.93. The minimum absolute atomic E-state index is 0.193. The first-order chi connectivity index (χ1) is 9.95. The van der Waals surface area contributed by atoms with Gasteiger partial charge in [-0.2, -0.15) is 15.4 Å². The minimum atomic E-state index is 0.193. The van der Waals surface area contributed by atoms with Crippen molar-refractivity contribution < 1.29 is 4.74 Å². The van der Waals surface area contributed by atoms with Gasteiger partial charge in [-0.3, -0.25) is 0 Å². The molecule has 2 N–H and O–H groups in total. The molecule has 1 unspecified atom stereocenters. The third-order valence-corrected chi connectivity index (χ3v) is 4.25. The van der Waals surface area contributed by atoms with Gasteiger partial charge in [0.05, 0.1) is 0 Å². The van der Waals surface area contributed by atoms with Crippen molar-refractivity contribution >= 4 is 28.8 Å². The van der Waals surface area contributed by atoms with Gasteiger partial charge in [0.2, 0.25) is 0 Å². The average Bonchev–Trinajstić information content (AvgIpc) is 2.74. The zero-order valence-electron chi connectivity index (χ0n) is 13.2. The molecular formula is C15H24ClN4O+. The number of ether oxygens (including phenoxy) is 1. The van der Waals surface area contributed by atoms with Gasteiger partial charge in [-0.15, -0.1) is 0 Å². The van der Waals surface area contributed by atoms with Crippen molar-refractivity contribution in [2.45, 2.75) is 40.5 Å². The van der Waals surface area contributed by atoms with Crippen LogP contribution in [0.15, 0.2) is 4.99 Å². The molecule has 0 saturated carbocycles. The second-order valence-corrected chi connectivity index (χ2v) is 5.78. The van der Waals surface area contributed by atoms with Crippen molar-refractivity contribution in [1.29, 1.82) is 0 Å². The summed E-state index contributed by atoms with van der Waals surface area (Å²) in [5.41, 5.74) is 3.63. The van der Waals surface area contributed by atoms with Crippen LogP contribution in [0.25, 0.3) is 0 Å². The van der Waals surface area contributed by atoms with E-state index < -0.39 is 0 Å². The molecule has 0 radical (unpaired) electrons. The van der Waals surface area contributed by atoms with E-state index in [1.54, 1.807) is 0 Å². The number of aliphatic imine (C=N–C) groups is 1. The van der Waals surface area contributed by atoms with Gasteiger partial charge in [0.1, 0.15) is 13.2 Å². The quantitative estimate of drug-likeness (QED) is 0.497. The van der Waals surface area contributed by atoms with E-state index in [1.807, 2.05) is 20.8 Å². The SMILES string of the molecule is CCCC[N+]1(N)C(COCC)=Nc2c(Cl)nc(C)c(C)c21. The molecule has 0 aliphatic carbocycles. The summed E-state index contributed by atoms with van der Waals surface area (Å²) in [6, 6.07) is 0. The standard InChI is InChI=1S/C15H24ClN4O/c1-5-7-8-20(17)12(9-21-6-2)19-13-14(20)10(3)11(4)18-15(13)16/h5-9,17H2,1-4H3/q+1. The first-order valence-electron chi connectivity index (χ1n) is 7.45. The van der Waals surface area contributed by atoms with E-state index in [0.29, 0.717) is 24.1 Å². The predicted molar refractivity (Wildman–Crippen MR) is 88.1 cm³/mol. The van der Waals surface area contributed by atoms with E-state index in [0.717, 1.165) is 42.2 Å². The first-order valence-corrected chi connectivity index (χ1v) is 7.83. The summed E-state index contributed by atoms with van der Waals surface area (Å²) >= 11 is 6.28. The molecule has 1 atom stereocenters. The number of nitrogens with two attached hydrogens (primary N) is 1. The van der Waals surface area contributed by atoms with Crippen LogP contribution in [0.2, 0.25) is 5.15 Å². The van der Waals surface area contributed by atoms with Crippen LogP contribution in [-0.4, -0.2) is 30.6 Å². The van der Waals surface area contributed by atoms with Gasteiger partial charge in [0.25, 0.3) is 5.84 Å². The molecule has 0 fully saturated rings. The van der Waals surface area contributed by atoms with Gasteiger partial charge >= 0.3 is 0 Å². The highest BCUT2D eigenvalue weighted by Crippen LogP contribution is 2.45. The van der Waals surface area contributed by atoms with Gasteiger partial charge in [0.15, 0.2) is 16.5 Å². The number of aryl methyl sites for hydroxylation is 1. The number of hydrogen-bond donors (Lipinski definition) is 1. The van der Waals surface area contributed by atoms with E-state index in [1.165, 1.54) is 0 Å². The van der Waals surface area contributed by atoms with Crippen LogP contribution in [0.3, 0.4) is 0 Å². The number of amidine groups is 1. The maximum atomic E-state index is 6.72. The number of quaternary nitrogens is 1. The van der Waals surface area contributed by atoms with Crippen LogP contribution >= 0.6 is 11.6 Å². The van der Waals surface area contributed by atoms with Crippen molar-refractivity contribution in [3.05, 3.63) is 16.4 Å². The number of aromatic nitrogens is 1. The number of fused-ring (bicyclic) bond motifs is 1. The van der Waals surface area contributed by atoms with Crippen molar-refractivity contribution in [2.24, 2.45) is 10.8 Å². The predicted octanol–water partition coefficient (Wildman–Crippen LogP) is 3.41. The summed E-state index contributed by atoms with van der Waals surface area (Å²) in [5, 5.41) is 0.420. The third-order valence-electron chi connectivity index (χ3n) is 3.98. The molecule has 1 aromatic heterocycles. The van der Waals surface area contributed by atoms with Crippen LogP contribution in [0.1, 0.15) is 37.9 Å². The highest BCUT2D eigenvalue weighted by atomic mass is 35.5. The minimum Gasteiger partial charge on any atom is -0.369 e. The highest BCUT2D eigenvalue weighted by molar-refractivity contribution is 6.33. The van der Waals surface area contributed by atoms with Gasteiger partial charge < -0.3 is 4.74 Å². The van der Waals surface area contributed by atoms with Gasteiger partial charge in [-0.1, -0.05) is 24.9 Å². The molecule has 6 heteroatoms. The highest BCUT2D eigenvalue weighted by Gasteiger charge is 2.44.